The third-order valence-corrected chi connectivity index (χ3v) is 1.92. The largest absolute Gasteiger partial charge is 0.496 e. The molecule has 1 amide bonds. The van der Waals surface area contributed by atoms with Crippen LogP contribution in [0.15, 0.2) is 18.2 Å². The zero-order valence-electron chi connectivity index (χ0n) is 9.04. The second-order valence-electron chi connectivity index (χ2n) is 3.20. The number of nitrogens with one attached hydrogen (secondary N) is 1. The Morgan fingerprint density at radius 2 is 2.12 bits per heavy atom. The summed E-state index contributed by atoms with van der Waals surface area (Å²) in [6.07, 6.45) is 0. The lowest BCUT2D eigenvalue weighted by atomic mass is 10.1. The number of halogens is 1. The van der Waals surface area contributed by atoms with Crippen LogP contribution in [0.25, 0.3) is 0 Å². The molecule has 0 aliphatic rings. The van der Waals surface area contributed by atoms with E-state index in [0.717, 1.165) is 6.07 Å². The Kier molecular flexibility index (Phi) is 3.99. The van der Waals surface area contributed by atoms with Crippen molar-refractivity contribution in [3.63, 3.8) is 0 Å². The molecule has 0 fully saturated rings. The number of ketones is 1. The van der Waals surface area contributed by atoms with Gasteiger partial charge in [-0.1, -0.05) is 6.07 Å². The number of carbonyl (C=O) groups is 2. The number of Topliss-reactive ketones (excluding diaryl/α,β-unsaturated/α-hetero) is 1. The molecule has 0 saturated carbocycles. The highest BCUT2D eigenvalue weighted by Crippen LogP contribution is 2.20. The summed E-state index contributed by atoms with van der Waals surface area (Å²) in [7, 11) is 1.34. The molecule has 1 rings (SSSR count). The van der Waals surface area contributed by atoms with E-state index in [4.69, 9.17) is 4.74 Å². The van der Waals surface area contributed by atoms with Gasteiger partial charge in [-0.3, -0.25) is 9.59 Å². The average Bonchev–Trinajstić information content (AvgIpc) is 2.25. The molecule has 0 saturated heterocycles. The highest BCUT2D eigenvalue weighted by atomic mass is 19.1. The number of carbonyl (C=O) groups excluding carboxylic acids is 2. The van der Waals surface area contributed by atoms with Crippen LogP contribution in [0.5, 0.6) is 5.75 Å². The summed E-state index contributed by atoms with van der Waals surface area (Å²) in [4.78, 5) is 22.2. The van der Waals surface area contributed by atoms with Crippen LogP contribution in [0.3, 0.4) is 0 Å². The van der Waals surface area contributed by atoms with Crippen molar-refractivity contribution in [2.75, 3.05) is 13.7 Å². The second-order valence-corrected chi connectivity index (χ2v) is 3.20. The molecule has 0 aliphatic carbocycles. The van der Waals surface area contributed by atoms with E-state index < -0.39 is 11.7 Å². The minimum absolute atomic E-state index is 0.129. The summed E-state index contributed by atoms with van der Waals surface area (Å²) >= 11 is 0. The van der Waals surface area contributed by atoms with E-state index in [1.165, 1.54) is 26.2 Å². The lowest BCUT2D eigenvalue weighted by Gasteiger charge is -2.08. The third kappa shape index (κ3) is 2.79. The standard InChI is InChI=1S/C11H12FNO3/c1-7(14)6-13-11(15)10-8(12)4-3-5-9(10)16-2/h3-5H,6H2,1-2H3,(H,13,15). The van der Waals surface area contributed by atoms with Crippen LogP contribution in [0, 0.1) is 5.82 Å². The first kappa shape index (κ1) is 12.2. The van der Waals surface area contributed by atoms with E-state index in [9.17, 15) is 14.0 Å². The summed E-state index contributed by atoms with van der Waals surface area (Å²) in [6, 6.07) is 4.08. The zero-order chi connectivity index (χ0) is 12.1. The van der Waals surface area contributed by atoms with Crippen molar-refractivity contribution in [3.05, 3.63) is 29.6 Å². The first-order valence-corrected chi connectivity index (χ1v) is 4.66. The summed E-state index contributed by atoms with van der Waals surface area (Å²) in [5, 5.41) is 2.31. The minimum Gasteiger partial charge on any atom is -0.496 e. The van der Waals surface area contributed by atoms with E-state index in [2.05, 4.69) is 5.32 Å². The van der Waals surface area contributed by atoms with E-state index in [0.29, 0.717) is 0 Å². The highest BCUT2D eigenvalue weighted by molar-refractivity contribution is 5.99. The number of amides is 1. The van der Waals surface area contributed by atoms with Gasteiger partial charge in [0.1, 0.15) is 22.9 Å². The van der Waals surface area contributed by atoms with E-state index >= 15 is 0 Å². The molecule has 0 spiro atoms. The van der Waals surface area contributed by atoms with Crippen molar-refractivity contribution in [1.82, 2.24) is 5.32 Å². The molecule has 0 aliphatic heterocycles. The third-order valence-electron chi connectivity index (χ3n) is 1.92. The predicted octanol–water partition coefficient (Wildman–Crippen LogP) is 1.15. The number of methoxy groups -OCH3 is 1. The fourth-order valence-corrected chi connectivity index (χ4v) is 1.19. The number of rotatable bonds is 4. The van der Waals surface area contributed by atoms with E-state index in [-0.39, 0.29) is 23.6 Å². The molecule has 0 bridgehead atoms. The molecule has 16 heavy (non-hydrogen) atoms. The predicted molar refractivity (Wildman–Crippen MR) is 56.0 cm³/mol. The summed E-state index contributed by atoms with van der Waals surface area (Å²) in [6.45, 7) is 1.20. The van der Waals surface area contributed by atoms with E-state index in [1.54, 1.807) is 0 Å². The summed E-state index contributed by atoms with van der Waals surface area (Å²) < 4.78 is 18.3. The summed E-state index contributed by atoms with van der Waals surface area (Å²) in [5.41, 5.74) is -0.189. The van der Waals surface area contributed by atoms with Crippen LogP contribution in [-0.4, -0.2) is 25.3 Å². The van der Waals surface area contributed by atoms with Crippen LogP contribution in [0.4, 0.5) is 4.39 Å². The number of hydrogen-bond donors (Lipinski definition) is 1. The van der Waals surface area contributed by atoms with Gasteiger partial charge in [0.2, 0.25) is 0 Å². The lowest BCUT2D eigenvalue weighted by Crippen LogP contribution is -2.29. The van der Waals surface area contributed by atoms with Crippen LogP contribution in [0.2, 0.25) is 0 Å². The Balaban J connectivity index is 2.93. The van der Waals surface area contributed by atoms with Gasteiger partial charge in [0, 0.05) is 0 Å². The van der Waals surface area contributed by atoms with Crippen molar-refractivity contribution < 1.29 is 18.7 Å². The van der Waals surface area contributed by atoms with Crippen molar-refractivity contribution in [2.45, 2.75) is 6.92 Å². The van der Waals surface area contributed by atoms with Crippen LogP contribution < -0.4 is 10.1 Å². The van der Waals surface area contributed by atoms with Gasteiger partial charge >= 0.3 is 0 Å². The fraction of sp³-hybridized carbons (Fsp3) is 0.273. The Bertz CT molecular complexity index is 418. The molecule has 0 radical (unpaired) electrons. The normalized spacial score (nSPS) is 9.69. The fourth-order valence-electron chi connectivity index (χ4n) is 1.19. The highest BCUT2D eigenvalue weighted by Gasteiger charge is 2.17. The lowest BCUT2D eigenvalue weighted by molar-refractivity contribution is -0.116. The van der Waals surface area contributed by atoms with Crippen molar-refractivity contribution >= 4 is 11.7 Å². The molecule has 1 aromatic carbocycles. The molecular formula is C11H12FNO3. The number of hydrogen-bond acceptors (Lipinski definition) is 3. The molecule has 0 heterocycles. The first-order valence-electron chi connectivity index (χ1n) is 4.66. The Morgan fingerprint density at radius 1 is 1.44 bits per heavy atom. The smallest absolute Gasteiger partial charge is 0.258 e. The van der Waals surface area contributed by atoms with Gasteiger partial charge in [0.05, 0.1) is 13.7 Å². The van der Waals surface area contributed by atoms with E-state index in [1.807, 2.05) is 0 Å². The molecule has 1 N–H and O–H groups in total. The minimum atomic E-state index is -0.680. The molecule has 0 unspecified atom stereocenters. The van der Waals surface area contributed by atoms with Gasteiger partial charge in [-0.25, -0.2) is 4.39 Å². The van der Waals surface area contributed by atoms with Gasteiger partial charge in [-0.15, -0.1) is 0 Å². The Morgan fingerprint density at radius 3 is 2.69 bits per heavy atom. The maximum atomic E-state index is 13.4. The summed E-state index contributed by atoms with van der Waals surface area (Å²) in [5.74, 6) is -1.41. The Hall–Kier alpha value is -1.91. The molecule has 0 aromatic heterocycles. The molecule has 86 valence electrons. The van der Waals surface area contributed by atoms with Crippen LogP contribution in [-0.2, 0) is 4.79 Å². The van der Waals surface area contributed by atoms with Crippen molar-refractivity contribution in [3.8, 4) is 5.75 Å². The number of ether oxygens (including phenoxy) is 1. The monoisotopic (exact) mass is 225 g/mol. The molecule has 5 heteroatoms. The van der Waals surface area contributed by atoms with Gasteiger partial charge < -0.3 is 10.1 Å². The van der Waals surface area contributed by atoms with Crippen molar-refractivity contribution in [2.24, 2.45) is 0 Å². The second kappa shape index (κ2) is 5.25. The van der Waals surface area contributed by atoms with Gasteiger partial charge in [-0.2, -0.15) is 0 Å². The molecule has 1 aromatic rings. The quantitative estimate of drug-likeness (QED) is 0.836. The topological polar surface area (TPSA) is 55.4 Å². The van der Waals surface area contributed by atoms with Gasteiger partial charge in [0.15, 0.2) is 0 Å². The molecule has 0 atom stereocenters. The van der Waals surface area contributed by atoms with Crippen molar-refractivity contribution in [1.29, 1.82) is 0 Å². The maximum Gasteiger partial charge on any atom is 0.258 e. The maximum absolute atomic E-state index is 13.4. The van der Waals surface area contributed by atoms with Gasteiger partial charge in [-0.05, 0) is 19.1 Å². The van der Waals surface area contributed by atoms with Gasteiger partial charge in [0.25, 0.3) is 5.91 Å². The number of benzene rings is 1. The first-order chi connectivity index (χ1) is 7.56. The van der Waals surface area contributed by atoms with Crippen LogP contribution >= 0.6 is 0 Å². The Labute approximate surface area is 92.4 Å². The molecular weight excluding hydrogens is 213 g/mol. The van der Waals surface area contributed by atoms with Crippen LogP contribution in [0.1, 0.15) is 17.3 Å². The SMILES string of the molecule is COc1cccc(F)c1C(=O)NCC(C)=O. The average molecular weight is 225 g/mol. The molecule has 4 nitrogen and oxygen atoms in total. The zero-order valence-corrected chi connectivity index (χ0v) is 9.04.